The first-order chi connectivity index (χ1) is 17.7. The Kier molecular flexibility index (Phi) is 5.02. The van der Waals surface area contributed by atoms with Gasteiger partial charge in [-0.3, -0.25) is 14.5 Å². The zero-order chi connectivity index (χ0) is 25.9. The molecule has 3 fully saturated rings. The van der Waals surface area contributed by atoms with E-state index in [1.807, 2.05) is 6.07 Å². The fraction of sp³-hybridized carbons (Fsp3) is 0.571. The lowest BCUT2D eigenvalue weighted by Crippen LogP contribution is -2.76. The SMILES string of the molecule is Cc1sc(C(C)C(=O)Oc2ccc3c4c2O[C@H]2C(=O)CC[C@@]5(O)[C@@H](C3)N(CC3CC3)CC[C@]425)c(F)c1F. The lowest BCUT2D eigenvalue weighted by atomic mass is 9.49. The molecular weight excluding hydrogens is 500 g/mol. The second-order valence-electron chi connectivity index (χ2n) is 11.5. The lowest BCUT2D eigenvalue weighted by Gasteiger charge is -2.62. The van der Waals surface area contributed by atoms with Gasteiger partial charge in [-0.25, -0.2) is 8.78 Å². The number of carbonyl (C=O) groups excluding carboxylic acids is 2. The van der Waals surface area contributed by atoms with Gasteiger partial charge in [-0.15, -0.1) is 11.3 Å². The van der Waals surface area contributed by atoms with E-state index in [1.54, 1.807) is 6.07 Å². The van der Waals surface area contributed by atoms with Crippen molar-refractivity contribution in [2.24, 2.45) is 5.92 Å². The summed E-state index contributed by atoms with van der Waals surface area (Å²) in [5, 5.41) is 12.3. The topological polar surface area (TPSA) is 76.1 Å². The maximum atomic E-state index is 14.4. The monoisotopic (exact) mass is 529 g/mol. The molecule has 1 unspecified atom stereocenters. The van der Waals surface area contributed by atoms with Crippen molar-refractivity contribution in [3.63, 3.8) is 0 Å². The lowest BCUT2D eigenvalue weighted by molar-refractivity contribution is -0.188. The Hall–Kier alpha value is -2.36. The summed E-state index contributed by atoms with van der Waals surface area (Å²) in [5.74, 6) is -2.59. The number of rotatable bonds is 5. The highest BCUT2D eigenvalue weighted by atomic mass is 32.1. The maximum absolute atomic E-state index is 14.4. The average molecular weight is 530 g/mol. The van der Waals surface area contributed by atoms with Gasteiger partial charge in [0.2, 0.25) is 0 Å². The average Bonchev–Trinajstić information content (AvgIpc) is 3.56. The third kappa shape index (κ3) is 3.08. The molecule has 3 heterocycles. The van der Waals surface area contributed by atoms with E-state index in [0.717, 1.165) is 35.6 Å². The number of aliphatic hydroxyl groups is 1. The molecule has 1 spiro atoms. The number of hydrogen-bond donors (Lipinski definition) is 1. The summed E-state index contributed by atoms with van der Waals surface area (Å²) in [6, 6.07) is 3.48. The highest BCUT2D eigenvalue weighted by molar-refractivity contribution is 7.12. The molecule has 1 saturated heterocycles. The normalized spacial score (nSPS) is 32.6. The van der Waals surface area contributed by atoms with Crippen molar-refractivity contribution in [2.45, 2.75) is 81.5 Å². The Labute approximate surface area is 217 Å². The standard InChI is InChI=1S/C28H29F2NO5S/c1-13(24-22(30)21(29)14(2)37-24)26(33)35-18-6-5-16-11-19-28(34)8-7-17(32)25-27(28,20(16)23(18)36-25)9-10-31(19)12-15-3-4-15/h5-6,13,15,19,25,34H,3-4,7-12H2,1-2H3/t13?,19-,25+,27+,28-/m1/s1. The van der Waals surface area contributed by atoms with Crippen molar-refractivity contribution in [1.82, 2.24) is 4.90 Å². The molecule has 0 amide bonds. The van der Waals surface area contributed by atoms with Crippen molar-refractivity contribution < 1.29 is 33.0 Å². The second kappa shape index (κ2) is 7.83. The molecule has 5 aliphatic rings. The highest BCUT2D eigenvalue weighted by Crippen LogP contribution is 2.65. The number of thiophene rings is 1. The van der Waals surface area contributed by atoms with Crippen LogP contribution >= 0.6 is 11.3 Å². The Morgan fingerprint density at radius 2 is 2.08 bits per heavy atom. The van der Waals surface area contributed by atoms with E-state index >= 15 is 0 Å². The zero-order valence-electron chi connectivity index (χ0n) is 20.8. The minimum atomic E-state index is -1.11. The van der Waals surface area contributed by atoms with Crippen molar-refractivity contribution in [3.8, 4) is 11.5 Å². The summed E-state index contributed by atoms with van der Waals surface area (Å²) < 4.78 is 40.3. The van der Waals surface area contributed by atoms with Crippen molar-refractivity contribution in [2.75, 3.05) is 13.1 Å². The van der Waals surface area contributed by atoms with E-state index in [1.165, 1.54) is 26.7 Å². The quantitative estimate of drug-likeness (QED) is 0.463. The van der Waals surface area contributed by atoms with Gasteiger partial charge in [-0.1, -0.05) is 6.07 Å². The number of likely N-dealkylation sites (tertiary alicyclic amines) is 1. The number of hydrogen-bond acceptors (Lipinski definition) is 7. The number of ether oxygens (including phenoxy) is 2. The molecule has 9 heteroatoms. The van der Waals surface area contributed by atoms with Crippen LogP contribution in [0.15, 0.2) is 12.1 Å². The van der Waals surface area contributed by atoms with Crippen LogP contribution in [0.5, 0.6) is 11.5 Å². The van der Waals surface area contributed by atoms with E-state index in [0.29, 0.717) is 30.9 Å². The van der Waals surface area contributed by atoms with Gasteiger partial charge in [0, 0.05) is 29.4 Å². The number of piperidine rings is 1. The van der Waals surface area contributed by atoms with E-state index in [2.05, 4.69) is 4.90 Å². The van der Waals surface area contributed by atoms with Crippen LogP contribution in [0.2, 0.25) is 0 Å². The summed E-state index contributed by atoms with van der Waals surface area (Å²) in [6.45, 7) is 4.69. The largest absolute Gasteiger partial charge is 0.477 e. The summed E-state index contributed by atoms with van der Waals surface area (Å²) in [6.07, 6.45) is 3.50. The van der Waals surface area contributed by atoms with Gasteiger partial charge in [-0.05, 0) is 70.0 Å². The first kappa shape index (κ1) is 23.7. The fourth-order valence-electron chi connectivity index (χ4n) is 7.43. The van der Waals surface area contributed by atoms with Crippen LogP contribution in [0, 0.1) is 24.5 Å². The Morgan fingerprint density at radius 3 is 2.78 bits per heavy atom. The molecule has 2 aromatic rings. The molecule has 5 atom stereocenters. The highest BCUT2D eigenvalue weighted by Gasteiger charge is 2.73. The molecule has 1 aromatic heterocycles. The van der Waals surface area contributed by atoms with Crippen LogP contribution in [-0.4, -0.2) is 52.6 Å². The van der Waals surface area contributed by atoms with Gasteiger partial charge in [0.1, 0.15) is 0 Å². The Balaban J connectivity index is 1.28. The van der Waals surface area contributed by atoms with Gasteiger partial charge >= 0.3 is 5.97 Å². The molecular formula is C28H29F2NO5S. The molecule has 1 aromatic carbocycles. The molecule has 2 bridgehead atoms. The Bertz CT molecular complexity index is 1350. The summed E-state index contributed by atoms with van der Waals surface area (Å²) >= 11 is 0.896. The fourth-order valence-corrected chi connectivity index (χ4v) is 8.39. The molecule has 6 nitrogen and oxygen atoms in total. The predicted molar refractivity (Wildman–Crippen MR) is 131 cm³/mol. The molecule has 2 saturated carbocycles. The third-order valence-electron chi connectivity index (χ3n) is 9.48. The molecule has 196 valence electrons. The number of nitrogens with zero attached hydrogens (tertiary/aromatic N) is 1. The molecule has 2 aliphatic heterocycles. The van der Waals surface area contributed by atoms with Gasteiger partial charge < -0.3 is 14.6 Å². The van der Waals surface area contributed by atoms with Gasteiger partial charge in [-0.2, -0.15) is 0 Å². The third-order valence-corrected chi connectivity index (χ3v) is 10.7. The number of aryl methyl sites for hydroxylation is 1. The minimum absolute atomic E-state index is 0.0157. The van der Waals surface area contributed by atoms with E-state index < -0.39 is 40.6 Å². The van der Waals surface area contributed by atoms with Gasteiger partial charge in [0.25, 0.3) is 0 Å². The van der Waals surface area contributed by atoms with Crippen LogP contribution in [0.25, 0.3) is 0 Å². The number of halogens is 2. The smallest absolute Gasteiger partial charge is 0.319 e. The van der Waals surface area contributed by atoms with Crippen molar-refractivity contribution >= 4 is 23.1 Å². The first-order valence-electron chi connectivity index (χ1n) is 13.1. The number of Topliss-reactive ketones (excluding diaryl/α,β-unsaturated/α-hetero) is 1. The second-order valence-corrected chi connectivity index (χ2v) is 12.7. The minimum Gasteiger partial charge on any atom is -0.477 e. The summed E-state index contributed by atoms with van der Waals surface area (Å²) in [5.41, 5.74) is -0.179. The van der Waals surface area contributed by atoms with Crippen molar-refractivity contribution in [3.05, 3.63) is 44.6 Å². The molecule has 37 heavy (non-hydrogen) atoms. The van der Waals surface area contributed by atoms with Crippen LogP contribution in [0.4, 0.5) is 8.78 Å². The maximum Gasteiger partial charge on any atom is 0.319 e. The molecule has 7 rings (SSSR count). The summed E-state index contributed by atoms with van der Waals surface area (Å²) in [7, 11) is 0. The van der Waals surface area contributed by atoms with Gasteiger partial charge in [0.15, 0.2) is 35.0 Å². The van der Waals surface area contributed by atoms with Crippen molar-refractivity contribution in [1.29, 1.82) is 0 Å². The van der Waals surface area contributed by atoms with Crippen LogP contribution < -0.4 is 9.47 Å². The molecule has 0 radical (unpaired) electrons. The van der Waals surface area contributed by atoms with E-state index in [4.69, 9.17) is 9.47 Å². The van der Waals surface area contributed by atoms with Crippen LogP contribution in [-0.2, 0) is 21.4 Å². The summed E-state index contributed by atoms with van der Waals surface area (Å²) in [4.78, 5) is 28.8. The first-order valence-corrected chi connectivity index (χ1v) is 14.0. The van der Waals surface area contributed by atoms with E-state index in [9.17, 15) is 23.5 Å². The molecule has 3 aliphatic carbocycles. The predicted octanol–water partition coefficient (Wildman–Crippen LogP) is 4.18. The number of esters is 1. The number of ketones is 1. The number of benzene rings is 1. The number of carbonyl (C=O) groups is 2. The van der Waals surface area contributed by atoms with Crippen LogP contribution in [0.3, 0.4) is 0 Å². The Morgan fingerprint density at radius 1 is 1.30 bits per heavy atom. The van der Waals surface area contributed by atoms with E-state index in [-0.39, 0.29) is 33.7 Å². The van der Waals surface area contributed by atoms with Crippen LogP contribution in [0.1, 0.15) is 65.8 Å². The molecule has 1 N–H and O–H groups in total. The zero-order valence-corrected chi connectivity index (χ0v) is 21.6. The van der Waals surface area contributed by atoms with Gasteiger partial charge in [0.05, 0.1) is 21.8 Å².